The normalized spacial score (nSPS) is 9.89. The lowest BCUT2D eigenvalue weighted by molar-refractivity contribution is 1.24. The Kier molecular flexibility index (Phi) is 3.85. The number of pyridine rings is 1. The van der Waals surface area contributed by atoms with Crippen molar-refractivity contribution in [3.63, 3.8) is 0 Å². The number of benzene rings is 1. The Hall–Kier alpha value is -1.57. The van der Waals surface area contributed by atoms with Crippen LogP contribution in [0.4, 0.5) is 11.5 Å². The minimum Gasteiger partial charge on any atom is -0.339 e. The molecule has 18 heavy (non-hydrogen) atoms. The van der Waals surface area contributed by atoms with Crippen molar-refractivity contribution in [1.82, 2.24) is 4.98 Å². The lowest BCUT2D eigenvalue weighted by Gasteiger charge is -2.10. The second kappa shape index (κ2) is 5.38. The van der Waals surface area contributed by atoms with Crippen molar-refractivity contribution in [2.24, 2.45) is 0 Å². The van der Waals surface area contributed by atoms with Crippen molar-refractivity contribution in [3.05, 3.63) is 51.1 Å². The summed E-state index contributed by atoms with van der Waals surface area (Å²) in [4.78, 5) is 4.27. The zero-order valence-corrected chi connectivity index (χ0v) is 11.9. The van der Waals surface area contributed by atoms with E-state index in [0.717, 1.165) is 10.0 Å². The molecule has 1 heterocycles. The number of rotatable bonds is 2. The molecule has 0 aliphatic heterocycles. The van der Waals surface area contributed by atoms with Crippen LogP contribution in [0.3, 0.4) is 0 Å². The molecule has 1 aromatic carbocycles. The van der Waals surface area contributed by atoms with E-state index in [4.69, 9.17) is 16.9 Å². The van der Waals surface area contributed by atoms with E-state index >= 15 is 0 Å². The Morgan fingerprint density at radius 2 is 2.17 bits per heavy atom. The molecule has 2 rings (SSSR count). The monoisotopic (exact) mass is 321 g/mol. The number of nitriles is 1. The first-order valence-electron chi connectivity index (χ1n) is 5.19. The average molecular weight is 323 g/mol. The molecule has 0 saturated carbocycles. The molecule has 1 N–H and O–H groups in total. The number of aryl methyl sites for hydroxylation is 1. The zero-order valence-electron chi connectivity index (χ0n) is 9.54. The van der Waals surface area contributed by atoms with E-state index in [0.29, 0.717) is 22.1 Å². The van der Waals surface area contributed by atoms with Gasteiger partial charge < -0.3 is 5.32 Å². The lowest BCUT2D eigenvalue weighted by Crippen LogP contribution is -1.98. The van der Waals surface area contributed by atoms with E-state index in [9.17, 15) is 0 Å². The Bertz CT molecular complexity index is 635. The van der Waals surface area contributed by atoms with Crippen LogP contribution in [0.15, 0.2) is 34.9 Å². The van der Waals surface area contributed by atoms with Gasteiger partial charge in [0.2, 0.25) is 0 Å². The van der Waals surface area contributed by atoms with Crippen LogP contribution < -0.4 is 5.32 Å². The van der Waals surface area contributed by atoms with E-state index in [1.807, 2.05) is 13.0 Å². The van der Waals surface area contributed by atoms with E-state index in [1.54, 1.807) is 24.4 Å². The van der Waals surface area contributed by atoms with E-state index in [-0.39, 0.29) is 0 Å². The molecule has 0 aliphatic rings. The third kappa shape index (κ3) is 2.81. The van der Waals surface area contributed by atoms with Gasteiger partial charge in [-0.25, -0.2) is 4.98 Å². The number of nitrogens with zero attached hydrogens (tertiary/aromatic N) is 2. The van der Waals surface area contributed by atoms with E-state index in [2.05, 4.69) is 32.3 Å². The summed E-state index contributed by atoms with van der Waals surface area (Å²) in [7, 11) is 0. The minimum absolute atomic E-state index is 0.531. The van der Waals surface area contributed by atoms with Gasteiger partial charge in [-0.05, 0) is 52.7 Å². The highest BCUT2D eigenvalue weighted by atomic mass is 79.9. The summed E-state index contributed by atoms with van der Waals surface area (Å²) in [6.45, 7) is 1.94. The Morgan fingerprint density at radius 3 is 2.83 bits per heavy atom. The molecule has 0 amide bonds. The molecule has 1 aromatic heterocycles. The number of hydrogen-bond donors (Lipinski definition) is 1. The van der Waals surface area contributed by atoms with Crippen LogP contribution in [0, 0.1) is 18.3 Å². The molecule has 90 valence electrons. The van der Waals surface area contributed by atoms with Crippen molar-refractivity contribution >= 4 is 39.0 Å². The summed E-state index contributed by atoms with van der Waals surface area (Å²) in [6, 6.07) is 9.14. The first-order valence-corrected chi connectivity index (χ1v) is 6.36. The van der Waals surface area contributed by atoms with Gasteiger partial charge in [0.15, 0.2) is 0 Å². The minimum atomic E-state index is 0.531. The van der Waals surface area contributed by atoms with Crippen molar-refractivity contribution in [2.45, 2.75) is 6.92 Å². The van der Waals surface area contributed by atoms with Gasteiger partial charge in [-0.2, -0.15) is 5.26 Å². The fraction of sp³-hybridized carbons (Fsp3) is 0.0769. The highest BCUT2D eigenvalue weighted by Gasteiger charge is 2.06. The van der Waals surface area contributed by atoms with Gasteiger partial charge in [-0.3, -0.25) is 0 Å². The second-order valence-corrected chi connectivity index (χ2v) is 5.10. The molecule has 3 nitrogen and oxygen atoms in total. The first-order chi connectivity index (χ1) is 8.60. The molecular formula is C13H9BrClN3. The molecule has 0 bridgehead atoms. The summed E-state index contributed by atoms with van der Waals surface area (Å²) in [6.07, 6.45) is 1.70. The van der Waals surface area contributed by atoms with Gasteiger partial charge in [0, 0.05) is 15.7 Å². The zero-order chi connectivity index (χ0) is 13.1. The standard InChI is InChI=1S/C13H9BrClN3/c1-8-4-10(14)7-17-13(8)18-12-5-11(15)3-2-9(12)6-16/h2-5,7H,1H3,(H,17,18). The van der Waals surface area contributed by atoms with Gasteiger partial charge in [-0.15, -0.1) is 0 Å². The lowest BCUT2D eigenvalue weighted by atomic mass is 10.2. The molecule has 0 atom stereocenters. The van der Waals surface area contributed by atoms with E-state index in [1.165, 1.54) is 0 Å². The highest BCUT2D eigenvalue weighted by Crippen LogP contribution is 2.25. The molecule has 2 aromatic rings. The van der Waals surface area contributed by atoms with Gasteiger partial charge in [-0.1, -0.05) is 11.6 Å². The Labute approximate surface area is 119 Å². The molecular weight excluding hydrogens is 314 g/mol. The number of hydrogen-bond acceptors (Lipinski definition) is 3. The van der Waals surface area contributed by atoms with Crippen molar-refractivity contribution in [2.75, 3.05) is 5.32 Å². The van der Waals surface area contributed by atoms with Gasteiger partial charge >= 0.3 is 0 Å². The van der Waals surface area contributed by atoms with Crippen molar-refractivity contribution in [1.29, 1.82) is 5.26 Å². The number of nitrogens with one attached hydrogen (secondary N) is 1. The van der Waals surface area contributed by atoms with Gasteiger partial charge in [0.1, 0.15) is 11.9 Å². The SMILES string of the molecule is Cc1cc(Br)cnc1Nc1cc(Cl)ccc1C#N. The van der Waals surface area contributed by atoms with Crippen LogP contribution in [0.1, 0.15) is 11.1 Å². The van der Waals surface area contributed by atoms with Crippen LogP contribution in [0.2, 0.25) is 5.02 Å². The molecule has 0 aliphatic carbocycles. The molecule has 0 fully saturated rings. The largest absolute Gasteiger partial charge is 0.339 e. The van der Waals surface area contributed by atoms with Crippen molar-refractivity contribution < 1.29 is 0 Å². The van der Waals surface area contributed by atoms with E-state index < -0.39 is 0 Å². The summed E-state index contributed by atoms with van der Waals surface area (Å²) < 4.78 is 0.914. The van der Waals surface area contributed by atoms with Crippen LogP contribution in [0.5, 0.6) is 0 Å². The quantitative estimate of drug-likeness (QED) is 0.890. The van der Waals surface area contributed by atoms with Crippen LogP contribution in [-0.2, 0) is 0 Å². The number of halogens is 2. The fourth-order valence-electron chi connectivity index (χ4n) is 1.52. The Morgan fingerprint density at radius 1 is 1.39 bits per heavy atom. The molecule has 0 radical (unpaired) electrons. The molecule has 0 unspecified atom stereocenters. The van der Waals surface area contributed by atoms with Crippen LogP contribution in [-0.4, -0.2) is 4.98 Å². The summed E-state index contributed by atoms with van der Waals surface area (Å²) >= 11 is 9.29. The number of aromatic nitrogens is 1. The fourth-order valence-corrected chi connectivity index (χ4v) is 2.13. The summed E-state index contributed by atoms with van der Waals surface area (Å²) in [5.41, 5.74) is 2.17. The average Bonchev–Trinajstić information content (AvgIpc) is 2.33. The summed E-state index contributed by atoms with van der Waals surface area (Å²) in [5.74, 6) is 0.706. The summed E-state index contributed by atoms with van der Waals surface area (Å²) in [5, 5.41) is 12.7. The predicted octanol–water partition coefficient (Wildman–Crippen LogP) is 4.42. The molecule has 0 saturated heterocycles. The topological polar surface area (TPSA) is 48.7 Å². The maximum absolute atomic E-state index is 9.04. The second-order valence-electron chi connectivity index (χ2n) is 3.75. The molecule has 0 spiro atoms. The number of anilines is 2. The van der Waals surface area contributed by atoms with Gasteiger partial charge in [0.25, 0.3) is 0 Å². The molecule has 5 heteroatoms. The third-order valence-corrected chi connectivity index (χ3v) is 3.07. The third-order valence-electron chi connectivity index (χ3n) is 2.40. The van der Waals surface area contributed by atoms with Gasteiger partial charge in [0.05, 0.1) is 11.3 Å². The maximum atomic E-state index is 9.04. The first kappa shape index (κ1) is 12.9. The maximum Gasteiger partial charge on any atom is 0.133 e. The van der Waals surface area contributed by atoms with Crippen molar-refractivity contribution in [3.8, 4) is 6.07 Å². The van der Waals surface area contributed by atoms with Crippen LogP contribution >= 0.6 is 27.5 Å². The Balaban J connectivity index is 2.40. The predicted molar refractivity (Wildman–Crippen MR) is 76.1 cm³/mol. The smallest absolute Gasteiger partial charge is 0.133 e. The highest BCUT2D eigenvalue weighted by molar-refractivity contribution is 9.10. The van der Waals surface area contributed by atoms with Crippen LogP contribution in [0.25, 0.3) is 0 Å².